The molecule has 24 heavy (non-hydrogen) atoms. The van der Waals surface area contributed by atoms with Gasteiger partial charge in [-0.15, -0.1) is 0 Å². The van der Waals surface area contributed by atoms with E-state index in [1.165, 1.54) is 48.5 Å². The van der Waals surface area contributed by atoms with Crippen LogP contribution in [0.1, 0.15) is 15.9 Å². The van der Waals surface area contributed by atoms with Crippen LogP contribution >= 0.6 is 11.6 Å². The standard InChI is InChI=1S/C16H10ClF2NO4/c17-14-6-5-12(20(22)23)8-10(14)4-7-15(21)11-2-1-3-13(9-11)24-16(18)19/h1-9,16H/b7-4+. The average molecular weight is 354 g/mol. The Bertz CT molecular complexity index is 808. The largest absolute Gasteiger partial charge is 0.435 e. The molecule has 0 aliphatic rings. The topological polar surface area (TPSA) is 69.4 Å². The lowest BCUT2D eigenvalue weighted by atomic mass is 10.1. The van der Waals surface area contributed by atoms with Crippen molar-refractivity contribution in [2.45, 2.75) is 6.61 Å². The maximum absolute atomic E-state index is 12.2. The van der Waals surface area contributed by atoms with E-state index in [-0.39, 0.29) is 22.0 Å². The number of benzene rings is 2. The van der Waals surface area contributed by atoms with Crippen molar-refractivity contribution < 1.29 is 23.2 Å². The first-order chi connectivity index (χ1) is 11.4. The second-order valence-electron chi connectivity index (χ2n) is 4.57. The van der Waals surface area contributed by atoms with Gasteiger partial charge in [-0.3, -0.25) is 14.9 Å². The van der Waals surface area contributed by atoms with Crippen molar-refractivity contribution in [1.82, 2.24) is 0 Å². The van der Waals surface area contributed by atoms with Gasteiger partial charge in [-0.05, 0) is 35.9 Å². The molecular formula is C16H10ClF2NO4. The van der Waals surface area contributed by atoms with Gasteiger partial charge >= 0.3 is 6.61 Å². The van der Waals surface area contributed by atoms with Gasteiger partial charge in [0.25, 0.3) is 5.69 Å². The number of carbonyl (C=O) groups is 1. The number of non-ortho nitro benzene ring substituents is 1. The number of carbonyl (C=O) groups excluding carboxylic acids is 1. The van der Waals surface area contributed by atoms with E-state index >= 15 is 0 Å². The highest BCUT2D eigenvalue weighted by Crippen LogP contribution is 2.23. The van der Waals surface area contributed by atoms with E-state index in [1.54, 1.807) is 0 Å². The van der Waals surface area contributed by atoms with Crippen LogP contribution < -0.4 is 4.74 Å². The number of hydrogen-bond donors (Lipinski definition) is 0. The van der Waals surface area contributed by atoms with E-state index < -0.39 is 17.3 Å². The number of halogens is 3. The van der Waals surface area contributed by atoms with Crippen molar-refractivity contribution >= 4 is 29.1 Å². The first kappa shape index (κ1) is 17.6. The maximum Gasteiger partial charge on any atom is 0.387 e. The number of nitrogens with zero attached hydrogens (tertiary/aromatic N) is 1. The molecule has 0 aromatic heterocycles. The normalized spacial score (nSPS) is 11.0. The van der Waals surface area contributed by atoms with Gasteiger partial charge in [0.05, 0.1) is 4.92 Å². The number of ether oxygens (including phenoxy) is 1. The minimum atomic E-state index is -2.99. The molecule has 5 nitrogen and oxygen atoms in total. The quantitative estimate of drug-likeness (QED) is 0.325. The molecule has 0 radical (unpaired) electrons. The van der Waals surface area contributed by atoms with E-state index in [9.17, 15) is 23.7 Å². The van der Waals surface area contributed by atoms with Crippen LogP contribution in [0, 0.1) is 10.1 Å². The van der Waals surface area contributed by atoms with Crippen molar-refractivity contribution in [3.63, 3.8) is 0 Å². The first-order valence-corrected chi connectivity index (χ1v) is 6.96. The summed E-state index contributed by atoms with van der Waals surface area (Å²) in [4.78, 5) is 22.2. The van der Waals surface area contributed by atoms with Crippen LogP contribution in [0.2, 0.25) is 5.02 Å². The van der Waals surface area contributed by atoms with Crippen LogP contribution in [0.3, 0.4) is 0 Å². The number of nitro benzene ring substituents is 1. The fourth-order valence-corrected chi connectivity index (χ4v) is 2.04. The monoisotopic (exact) mass is 353 g/mol. The Morgan fingerprint density at radius 1 is 1.25 bits per heavy atom. The number of alkyl halides is 2. The highest BCUT2D eigenvalue weighted by Gasteiger charge is 2.10. The van der Waals surface area contributed by atoms with Gasteiger partial charge in [-0.1, -0.05) is 23.7 Å². The molecule has 0 aliphatic heterocycles. The van der Waals surface area contributed by atoms with Gasteiger partial charge in [0.1, 0.15) is 5.75 Å². The molecule has 2 aromatic carbocycles. The van der Waals surface area contributed by atoms with Crippen molar-refractivity contribution in [1.29, 1.82) is 0 Å². The Labute approximate surface area is 140 Å². The summed E-state index contributed by atoms with van der Waals surface area (Å²) in [6.45, 7) is -2.99. The predicted octanol–water partition coefficient (Wildman–Crippen LogP) is 4.75. The zero-order chi connectivity index (χ0) is 17.7. The minimum absolute atomic E-state index is 0.131. The summed E-state index contributed by atoms with van der Waals surface area (Å²) in [5, 5.41) is 11.0. The lowest BCUT2D eigenvalue weighted by Crippen LogP contribution is -2.03. The number of ketones is 1. The second kappa shape index (κ2) is 7.65. The lowest BCUT2D eigenvalue weighted by Gasteiger charge is -2.05. The summed E-state index contributed by atoms with van der Waals surface area (Å²) in [5.74, 6) is -0.630. The van der Waals surface area contributed by atoms with E-state index in [1.807, 2.05) is 0 Å². The summed E-state index contributed by atoms with van der Waals surface area (Å²) in [7, 11) is 0. The minimum Gasteiger partial charge on any atom is -0.435 e. The first-order valence-electron chi connectivity index (χ1n) is 6.58. The fraction of sp³-hybridized carbons (Fsp3) is 0.0625. The third-order valence-corrected chi connectivity index (χ3v) is 3.29. The predicted molar refractivity (Wildman–Crippen MR) is 84.5 cm³/mol. The average Bonchev–Trinajstić information content (AvgIpc) is 2.53. The molecule has 124 valence electrons. The van der Waals surface area contributed by atoms with Crippen LogP contribution in [0.4, 0.5) is 14.5 Å². The third kappa shape index (κ3) is 4.60. The Balaban J connectivity index is 2.22. The number of hydrogen-bond acceptors (Lipinski definition) is 4. The van der Waals surface area contributed by atoms with Crippen LogP contribution in [-0.4, -0.2) is 17.3 Å². The molecule has 0 unspecified atom stereocenters. The lowest BCUT2D eigenvalue weighted by molar-refractivity contribution is -0.384. The molecule has 2 aromatic rings. The number of nitro groups is 1. The molecular weight excluding hydrogens is 344 g/mol. The Hall–Kier alpha value is -2.80. The molecule has 0 heterocycles. The molecule has 0 saturated heterocycles. The van der Waals surface area contributed by atoms with E-state index in [2.05, 4.69) is 4.74 Å². The summed E-state index contributed by atoms with van der Waals surface area (Å²) in [6.07, 6.45) is 2.46. The molecule has 0 aliphatic carbocycles. The molecule has 0 N–H and O–H groups in total. The zero-order valence-corrected chi connectivity index (χ0v) is 12.7. The Morgan fingerprint density at radius 3 is 2.67 bits per heavy atom. The molecule has 0 fully saturated rings. The highest BCUT2D eigenvalue weighted by molar-refractivity contribution is 6.32. The molecule has 0 amide bonds. The highest BCUT2D eigenvalue weighted by atomic mass is 35.5. The molecule has 0 saturated carbocycles. The molecule has 0 atom stereocenters. The van der Waals surface area contributed by atoms with Crippen LogP contribution in [0.5, 0.6) is 5.75 Å². The van der Waals surface area contributed by atoms with Gasteiger partial charge < -0.3 is 4.74 Å². The van der Waals surface area contributed by atoms with Crippen molar-refractivity contribution in [3.05, 3.63) is 74.8 Å². The van der Waals surface area contributed by atoms with Gasteiger partial charge in [0.2, 0.25) is 0 Å². The van der Waals surface area contributed by atoms with Crippen molar-refractivity contribution in [2.24, 2.45) is 0 Å². The van der Waals surface area contributed by atoms with Crippen molar-refractivity contribution in [3.8, 4) is 5.75 Å². The number of allylic oxidation sites excluding steroid dienone is 1. The van der Waals surface area contributed by atoms with Crippen LogP contribution in [0.25, 0.3) is 6.08 Å². The Kier molecular flexibility index (Phi) is 5.59. The molecule has 8 heteroatoms. The van der Waals surface area contributed by atoms with E-state index in [4.69, 9.17) is 11.6 Å². The van der Waals surface area contributed by atoms with Crippen LogP contribution in [-0.2, 0) is 0 Å². The second-order valence-corrected chi connectivity index (χ2v) is 4.97. The molecule has 2 rings (SSSR count). The number of rotatable bonds is 6. The summed E-state index contributed by atoms with van der Waals surface area (Å²) < 4.78 is 28.6. The summed E-state index contributed by atoms with van der Waals surface area (Å²) in [5.41, 5.74) is 0.254. The van der Waals surface area contributed by atoms with Gasteiger partial charge in [-0.25, -0.2) is 0 Å². The van der Waals surface area contributed by atoms with Gasteiger partial charge in [-0.2, -0.15) is 8.78 Å². The SMILES string of the molecule is O=C(/C=C/c1cc([N+](=O)[O-])ccc1Cl)c1cccc(OC(F)F)c1. The third-order valence-electron chi connectivity index (χ3n) is 2.95. The summed E-state index contributed by atoms with van der Waals surface area (Å²) in [6, 6.07) is 9.12. The van der Waals surface area contributed by atoms with Gasteiger partial charge in [0, 0.05) is 22.7 Å². The fourth-order valence-electron chi connectivity index (χ4n) is 1.86. The maximum atomic E-state index is 12.2. The smallest absolute Gasteiger partial charge is 0.387 e. The van der Waals surface area contributed by atoms with Crippen molar-refractivity contribution in [2.75, 3.05) is 0 Å². The van der Waals surface area contributed by atoms with Crippen LogP contribution in [0.15, 0.2) is 48.5 Å². The Morgan fingerprint density at radius 2 is 2.00 bits per heavy atom. The van der Waals surface area contributed by atoms with Gasteiger partial charge in [0.15, 0.2) is 5.78 Å². The summed E-state index contributed by atoms with van der Waals surface area (Å²) >= 11 is 5.92. The molecule has 0 spiro atoms. The van der Waals surface area contributed by atoms with E-state index in [0.29, 0.717) is 5.56 Å². The molecule has 0 bridgehead atoms. The van der Waals surface area contributed by atoms with E-state index in [0.717, 1.165) is 6.08 Å². The zero-order valence-electron chi connectivity index (χ0n) is 12.0.